The van der Waals surface area contributed by atoms with Crippen LogP contribution in [0.25, 0.3) is 10.2 Å². The molecule has 4 rings (SSSR count). The number of rotatable bonds is 6. The van der Waals surface area contributed by atoms with E-state index >= 15 is 0 Å². The second-order valence-electron chi connectivity index (χ2n) is 6.92. The number of carbonyl (C=O) groups excluding carboxylic acids is 1. The van der Waals surface area contributed by atoms with Crippen molar-refractivity contribution < 1.29 is 17.6 Å². The van der Waals surface area contributed by atoms with Gasteiger partial charge in [0, 0.05) is 5.69 Å². The molecular formula is C21H17N5O4S2. The topological polar surface area (TPSA) is 129 Å². The van der Waals surface area contributed by atoms with Gasteiger partial charge in [-0.3, -0.25) is 9.69 Å². The molecule has 32 heavy (non-hydrogen) atoms. The van der Waals surface area contributed by atoms with Gasteiger partial charge in [0.05, 0.1) is 34.6 Å². The van der Waals surface area contributed by atoms with Crippen molar-refractivity contribution in [2.24, 2.45) is 0 Å². The second kappa shape index (κ2) is 8.41. The molecule has 0 aliphatic carbocycles. The van der Waals surface area contributed by atoms with Gasteiger partial charge in [0.25, 0.3) is 5.91 Å². The number of nitrogens with zero attached hydrogens (tertiary/aromatic N) is 4. The number of para-hydroxylation sites is 1. The smallest absolute Gasteiger partial charge is 0.303 e. The van der Waals surface area contributed by atoms with Gasteiger partial charge in [-0.25, -0.2) is 18.1 Å². The Morgan fingerprint density at radius 1 is 1.19 bits per heavy atom. The Morgan fingerprint density at radius 2 is 1.91 bits per heavy atom. The van der Waals surface area contributed by atoms with Crippen LogP contribution in [0.15, 0.2) is 52.9 Å². The van der Waals surface area contributed by atoms with Crippen LogP contribution in [0.2, 0.25) is 0 Å². The Balaban J connectivity index is 1.74. The van der Waals surface area contributed by atoms with E-state index in [1.807, 2.05) is 29.0 Å². The fourth-order valence-corrected chi connectivity index (χ4v) is 4.42. The number of anilines is 2. The van der Waals surface area contributed by atoms with Crippen LogP contribution in [0, 0.1) is 18.3 Å². The minimum absolute atomic E-state index is 0.102. The molecule has 0 bridgehead atoms. The number of amides is 1. The molecule has 0 fully saturated rings. The Kier molecular flexibility index (Phi) is 5.65. The molecule has 9 nitrogen and oxygen atoms in total. The molecule has 2 aromatic carbocycles. The van der Waals surface area contributed by atoms with Crippen LogP contribution in [-0.4, -0.2) is 30.5 Å². The third kappa shape index (κ3) is 4.61. The standard InChI is InChI=1S/C21H17N5O4S2/c1-13-19(20(27)25-32(2,28)29)24-21(30-13)26(15-9-7-14(11-22)8-10-15)12-18-23-16-5-3-4-6-17(16)31-18/h3-10H,12H2,1-2H3,(H,25,27). The molecule has 0 saturated heterocycles. The first-order valence-electron chi connectivity index (χ1n) is 9.35. The molecule has 4 aromatic rings. The predicted molar refractivity (Wildman–Crippen MR) is 120 cm³/mol. The highest BCUT2D eigenvalue weighted by molar-refractivity contribution is 7.89. The summed E-state index contributed by atoms with van der Waals surface area (Å²) in [6.07, 6.45) is 0.886. The van der Waals surface area contributed by atoms with E-state index in [0.717, 1.165) is 21.5 Å². The van der Waals surface area contributed by atoms with Crippen LogP contribution in [-0.2, 0) is 16.6 Å². The van der Waals surface area contributed by atoms with E-state index in [-0.39, 0.29) is 17.5 Å². The van der Waals surface area contributed by atoms with E-state index < -0.39 is 15.9 Å². The molecule has 2 aromatic heterocycles. The number of sulfonamides is 1. The lowest BCUT2D eigenvalue weighted by atomic mass is 10.2. The monoisotopic (exact) mass is 467 g/mol. The summed E-state index contributed by atoms with van der Waals surface area (Å²) in [6, 6.07) is 16.7. The van der Waals surface area contributed by atoms with Crippen molar-refractivity contribution in [2.75, 3.05) is 11.2 Å². The average molecular weight is 468 g/mol. The first-order chi connectivity index (χ1) is 15.2. The lowest BCUT2D eigenvalue weighted by Gasteiger charge is -2.19. The lowest BCUT2D eigenvalue weighted by molar-refractivity contribution is 0.0976. The Labute approximate surface area is 188 Å². The molecule has 11 heteroatoms. The van der Waals surface area contributed by atoms with Crippen LogP contribution in [0.3, 0.4) is 0 Å². The zero-order valence-electron chi connectivity index (χ0n) is 17.1. The molecule has 0 atom stereocenters. The number of aromatic nitrogens is 2. The number of hydrogen-bond acceptors (Lipinski definition) is 9. The summed E-state index contributed by atoms with van der Waals surface area (Å²) in [4.78, 5) is 23.0. The normalized spacial score (nSPS) is 11.3. The van der Waals surface area contributed by atoms with Crippen LogP contribution in [0.1, 0.15) is 26.8 Å². The molecular weight excluding hydrogens is 450 g/mol. The van der Waals surface area contributed by atoms with Gasteiger partial charge in [0.15, 0.2) is 5.69 Å². The number of carbonyl (C=O) groups is 1. The Bertz CT molecular complexity index is 1420. The maximum Gasteiger partial charge on any atom is 0.303 e. The van der Waals surface area contributed by atoms with E-state index in [1.165, 1.54) is 18.3 Å². The van der Waals surface area contributed by atoms with Gasteiger partial charge >= 0.3 is 6.01 Å². The molecule has 0 saturated carbocycles. The van der Waals surface area contributed by atoms with Crippen LogP contribution in [0.5, 0.6) is 0 Å². The Morgan fingerprint density at radius 3 is 2.56 bits per heavy atom. The van der Waals surface area contributed by atoms with Crippen molar-refractivity contribution in [2.45, 2.75) is 13.5 Å². The summed E-state index contributed by atoms with van der Waals surface area (Å²) < 4.78 is 31.5. The van der Waals surface area contributed by atoms with Crippen molar-refractivity contribution in [1.82, 2.24) is 14.7 Å². The minimum Gasteiger partial charge on any atom is -0.428 e. The van der Waals surface area contributed by atoms with E-state index in [4.69, 9.17) is 9.68 Å². The quantitative estimate of drug-likeness (QED) is 0.456. The summed E-state index contributed by atoms with van der Waals surface area (Å²) in [5, 5.41) is 9.88. The number of thiazole rings is 1. The van der Waals surface area contributed by atoms with Crippen LogP contribution < -0.4 is 9.62 Å². The maximum atomic E-state index is 12.3. The van der Waals surface area contributed by atoms with E-state index in [2.05, 4.69) is 16.0 Å². The number of aryl methyl sites for hydroxylation is 1. The number of oxazole rings is 1. The summed E-state index contributed by atoms with van der Waals surface area (Å²) in [7, 11) is -3.76. The van der Waals surface area contributed by atoms with Gasteiger partial charge in [0.2, 0.25) is 10.0 Å². The maximum absolute atomic E-state index is 12.3. The number of nitriles is 1. The van der Waals surface area contributed by atoms with Crippen molar-refractivity contribution >= 4 is 49.2 Å². The highest BCUT2D eigenvalue weighted by Gasteiger charge is 2.24. The third-order valence-corrected chi connectivity index (χ3v) is 6.03. The van der Waals surface area contributed by atoms with Gasteiger partial charge in [-0.2, -0.15) is 10.2 Å². The van der Waals surface area contributed by atoms with Gasteiger partial charge in [-0.15, -0.1) is 11.3 Å². The van der Waals surface area contributed by atoms with E-state index in [9.17, 15) is 13.2 Å². The van der Waals surface area contributed by atoms with E-state index in [0.29, 0.717) is 17.8 Å². The lowest BCUT2D eigenvalue weighted by Crippen LogP contribution is -2.30. The summed E-state index contributed by atoms with van der Waals surface area (Å²) in [6.45, 7) is 1.82. The third-order valence-electron chi connectivity index (χ3n) is 4.45. The van der Waals surface area contributed by atoms with Crippen LogP contribution in [0.4, 0.5) is 11.7 Å². The molecule has 0 aliphatic rings. The van der Waals surface area contributed by atoms with Gasteiger partial charge in [-0.05, 0) is 43.3 Å². The average Bonchev–Trinajstić information content (AvgIpc) is 3.33. The van der Waals surface area contributed by atoms with Crippen LogP contribution >= 0.6 is 11.3 Å². The van der Waals surface area contributed by atoms with Crippen molar-refractivity contribution in [1.29, 1.82) is 5.26 Å². The molecule has 0 aliphatic heterocycles. The zero-order valence-corrected chi connectivity index (χ0v) is 18.7. The zero-order chi connectivity index (χ0) is 22.9. The minimum atomic E-state index is -3.76. The Hall–Kier alpha value is -3.75. The predicted octanol–water partition coefficient (Wildman–Crippen LogP) is 3.49. The summed E-state index contributed by atoms with van der Waals surface area (Å²) in [5.74, 6) is -0.705. The number of benzene rings is 2. The van der Waals surface area contributed by atoms with Gasteiger partial charge in [0.1, 0.15) is 10.8 Å². The van der Waals surface area contributed by atoms with Crippen molar-refractivity contribution in [3.8, 4) is 6.07 Å². The van der Waals surface area contributed by atoms with Gasteiger partial charge in [-0.1, -0.05) is 12.1 Å². The molecule has 2 heterocycles. The largest absolute Gasteiger partial charge is 0.428 e. The number of nitrogens with one attached hydrogen (secondary N) is 1. The first-order valence-corrected chi connectivity index (χ1v) is 12.1. The summed E-state index contributed by atoms with van der Waals surface area (Å²) in [5.41, 5.74) is 1.89. The molecule has 1 N–H and O–H groups in total. The molecule has 0 radical (unpaired) electrons. The molecule has 0 unspecified atom stereocenters. The summed E-state index contributed by atoms with van der Waals surface area (Å²) >= 11 is 1.51. The molecule has 1 amide bonds. The SMILES string of the molecule is Cc1oc(N(Cc2nc3ccccc3s2)c2ccc(C#N)cc2)nc1C(=O)NS(C)(=O)=O. The number of hydrogen-bond donors (Lipinski definition) is 1. The second-order valence-corrected chi connectivity index (χ2v) is 9.79. The van der Waals surface area contributed by atoms with E-state index in [1.54, 1.807) is 29.2 Å². The first kappa shape index (κ1) is 21.5. The highest BCUT2D eigenvalue weighted by Crippen LogP contribution is 2.31. The highest BCUT2D eigenvalue weighted by atomic mass is 32.2. The molecule has 0 spiro atoms. The van der Waals surface area contributed by atoms with Crippen molar-refractivity contribution in [3.63, 3.8) is 0 Å². The molecule has 162 valence electrons. The van der Waals surface area contributed by atoms with Gasteiger partial charge < -0.3 is 4.42 Å². The fraction of sp³-hybridized carbons (Fsp3) is 0.143. The van der Waals surface area contributed by atoms with Crippen molar-refractivity contribution in [3.05, 3.63) is 70.6 Å². The fourth-order valence-electron chi connectivity index (χ4n) is 3.03. The number of fused-ring (bicyclic) bond motifs is 1.